The summed E-state index contributed by atoms with van der Waals surface area (Å²) < 4.78 is 10.4. The van der Waals surface area contributed by atoms with E-state index in [1.807, 2.05) is 0 Å². The van der Waals surface area contributed by atoms with E-state index in [0.717, 1.165) is 12.8 Å². The monoisotopic (exact) mass is 342 g/mol. The number of ether oxygens (including phenoxy) is 2. The minimum Gasteiger partial charge on any atom is -0.481 e. The summed E-state index contributed by atoms with van der Waals surface area (Å²) in [6.07, 6.45) is 4.15. The zero-order chi connectivity index (χ0) is 17.9. The van der Waals surface area contributed by atoms with Crippen molar-refractivity contribution in [1.29, 1.82) is 0 Å². The van der Waals surface area contributed by atoms with E-state index in [9.17, 15) is 19.2 Å². The molecule has 0 fully saturated rings. The van der Waals surface area contributed by atoms with Gasteiger partial charge in [0, 0.05) is 0 Å². The van der Waals surface area contributed by atoms with Gasteiger partial charge < -0.3 is 19.7 Å². The Balaban J connectivity index is 2.47. The first-order valence-corrected chi connectivity index (χ1v) is 7.87. The smallest absolute Gasteiger partial charge is 0.306 e. The van der Waals surface area contributed by atoms with Crippen LogP contribution >= 0.6 is 0 Å². The highest BCUT2D eigenvalue weighted by Crippen LogP contribution is 2.18. The van der Waals surface area contributed by atoms with Crippen molar-refractivity contribution in [1.82, 2.24) is 0 Å². The molecule has 8 nitrogen and oxygen atoms in total. The molecule has 0 aromatic rings. The summed E-state index contributed by atoms with van der Waals surface area (Å²) in [7, 11) is 0. The van der Waals surface area contributed by atoms with Gasteiger partial charge in [0.15, 0.2) is 0 Å². The number of carbonyl (C=O) groups is 4. The molecule has 2 N–H and O–H groups in total. The molecular formula is C16H22O8. The third kappa shape index (κ3) is 8.92. The fourth-order valence-corrected chi connectivity index (χ4v) is 2.20. The summed E-state index contributed by atoms with van der Waals surface area (Å²) in [6.45, 7) is 0. The molecule has 0 saturated heterocycles. The minimum absolute atomic E-state index is 0.187. The lowest BCUT2D eigenvalue weighted by atomic mass is 10.0. The van der Waals surface area contributed by atoms with Gasteiger partial charge in [0.25, 0.3) is 0 Å². The van der Waals surface area contributed by atoms with Crippen LogP contribution in [-0.4, -0.2) is 46.3 Å². The first-order chi connectivity index (χ1) is 11.4. The fraction of sp³-hybridized carbons (Fsp3) is 0.625. The maximum absolute atomic E-state index is 11.6. The van der Waals surface area contributed by atoms with Crippen LogP contribution in [0.2, 0.25) is 0 Å². The number of esters is 2. The lowest BCUT2D eigenvalue weighted by molar-refractivity contribution is -0.151. The quantitative estimate of drug-likeness (QED) is 0.504. The van der Waals surface area contributed by atoms with Crippen LogP contribution in [0.3, 0.4) is 0 Å². The molecule has 8 heteroatoms. The van der Waals surface area contributed by atoms with Gasteiger partial charge in [0.2, 0.25) is 0 Å². The van der Waals surface area contributed by atoms with Crippen molar-refractivity contribution in [3.05, 3.63) is 12.2 Å². The molecule has 0 bridgehead atoms. The Kier molecular flexibility index (Phi) is 8.53. The van der Waals surface area contributed by atoms with Crippen molar-refractivity contribution in [3.63, 3.8) is 0 Å². The summed E-state index contributed by atoms with van der Waals surface area (Å²) in [5, 5.41) is 17.1. The van der Waals surface area contributed by atoms with Crippen molar-refractivity contribution < 1.29 is 38.9 Å². The molecular weight excluding hydrogens is 320 g/mol. The molecule has 0 aromatic carbocycles. The molecule has 0 spiro atoms. The second-order valence-electron chi connectivity index (χ2n) is 5.51. The summed E-state index contributed by atoms with van der Waals surface area (Å²) >= 11 is 0. The van der Waals surface area contributed by atoms with Gasteiger partial charge >= 0.3 is 23.9 Å². The average Bonchev–Trinajstić information content (AvgIpc) is 2.49. The highest BCUT2D eigenvalue weighted by molar-refractivity contribution is 5.77. The van der Waals surface area contributed by atoms with Crippen LogP contribution in [0.5, 0.6) is 0 Å². The van der Waals surface area contributed by atoms with Gasteiger partial charge in [-0.2, -0.15) is 0 Å². The zero-order valence-corrected chi connectivity index (χ0v) is 13.3. The molecule has 0 aliphatic heterocycles. The normalized spacial score (nSPS) is 20.5. The predicted octanol–water partition coefficient (Wildman–Crippen LogP) is 1.67. The molecule has 0 radical (unpaired) electrons. The number of hydrogen-bond donors (Lipinski definition) is 2. The second kappa shape index (κ2) is 10.4. The highest BCUT2D eigenvalue weighted by Gasteiger charge is 2.18. The zero-order valence-electron chi connectivity index (χ0n) is 13.3. The molecule has 0 heterocycles. The van der Waals surface area contributed by atoms with E-state index in [1.165, 1.54) is 0 Å². The van der Waals surface area contributed by atoms with Crippen LogP contribution in [0, 0.1) is 0 Å². The van der Waals surface area contributed by atoms with E-state index in [4.69, 9.17) is 19.7 Å². The molecule has 0 amide bonds. The Morgan fingerprint density at radius 1 is 0.750 bits per heavy atom. The predicted molar refractivity (Wildman–Crippen MR) is 81.1 cm³/mol. The largest absolute Gasteiger partial charge is 0.481 e. The molecule has 2 unspecified atom stereocenters. The first-order valence-electron chi connectivity index (χ1n) is 7.87. The Morgan fingerprint density at radius 3 is 1.46 bits per heavy atom. The molecule has 24 heavy (non-hydrogen) atoms. The van der Waals surface area contributed by atoms with E-state index in [2.05, 4.69) is 0 Å². The molecule has 2 atom stereocenters. The third-order valence-electron chi connectivity index (χ3n) is 3.42. The Hall–Kier alpha value is -2.38. The molecule has 1 aliphatic carbocycles. The Bertz CT molecular complexity index is 452. The van der Waals surface area contributed by atoms with Crippen molar-refractivity contribution in [3.8, 4) is 0 Å². The minimum atomic E-state index is -1.06. The van der Waals surface area contributed by atoms with Gasteiger partial charge in [-0.15, -0.1) is 0 Å². The number of carbonyl (C=O) groups excluding carboxylic acids is 2. The van der Waals surface area contributed by atoms with E-state index in [0.29, 0.717) is 12.8 Å². The SMILES string of the molecule is O=C(O)CCC(=O)OC1C=CC(OC(=O)CCC(=O)O)CCCC1. The topological polar surface area (TPSA) is 127 Å². The van der Waals surface area contributed by atoms with E-state index in [1.54, 1.807) is 12.2 Å². The lowest BCUT2D eigenvalue weighted by Gasteiger charge is -2.20. The van der Waals surface area contributed by atoms with Gasteiger partial charge in [0.05, 0.1) is 25.7 Å². The number of aliphatic carboxylic acids is 2. The standard InChI is InChI=1S/C16H22O8/c17-13(18)7-9-15(21)23-11-3-1-2-4-12(6-5-11)24-16(22)10-8-14(19)20/h5-6,11-12H,1-4,7-10H2,(H,17,18)(H,19,20). The molecule has 134 valence electrons. The van der Waals surface area contributed by atoms with Crippen molar-refractivity contribution in [2.75, 3.05) is 0 Å². The average molecular weight is 342 g/mol. The van der Waals surface area contributed by atoms with Crippen LogP contribution in [0.1, 0.15) is 51.4 Å². The van der Waals surface area contributed by atoms with Gasteiger partial charge in [0.1, 0.15) is 12.2 Å². The number of carboxylic acid groups (broad SMARTS) is 2. The van der Waals surface area contributed by atoms with E-state index < -0.39 is 36.1 Å². The first kappa shape index (κ1) is 19.7. The second-order valence-corrected chi connectivity index (χ2v) is 5.51. The third-order valence-corrected chi connectivity index (χ3v) is 3.42. The van der Waals surface area contributed by atoms with Gasteiger partial charge in [-0.25, -0.2) is 0 Å². The number of carboxylic acids is 2. The maximum atomic E-state index is 11.6. The molecule has 1 aliphatic rings. The molecule has 0 saturated carbocycles. The van der Waals surface area contributed by atoms with Crippen LogP contribution in [0.25, 0.3) is 0 Å². The van der Waals surface area contributed by atoms with E-state index >= 15 is 0 Å². The van der Waals surface area contributed by atoms with Gasteiger partial charge in [-0.1, -0.05) is 0 Å². The van der Waals surface area contributed by atoms with E-state index in [-0.39, 0.29) is 25.7 Å². The van der Waals surface area contributed by atoms with Crippen LogP contribution in [0.15, 0.2) is 12.2 Å². The summed E-state index contributed by atoms with van der Waals surface area (Å²) in [5.41, 5.74) is 0. The maximum Gasteiger partial charge on any atom is 0.306 e. The van der Waals surface area contributed by atoms with Gasteiger partial charge in [-0.05, 0) is 37.8 Å². The fourth-order valence-electron chi connectivity index (χ4n) is 2.20. The van der Waals surface area contributed by atoms with Crippen LogP contribution in [0.4, 0.5) is 0 Å². The molecule has 0 aromatic heterocycles. The molecule has 1 rings (SSSR count). The van der Waals surface area contributed by atoms with Crippen molar-refractivity contribution in [2.24, 2.45) is 0 Å². The summed E-state index contributed by atoms with van der Waals surface area (Å²) in [6, 6.07) is 0. The van der Waals surface area contributed by atoms with Crippen molar-refractivity contribution in [2.45, 2.75) is 63.6 Å². The summed E-state index contributed by atoms with van der Waals surface area (Å²) in [5.74, 6) is -3.28. The number of hydrogen-bond acceptors (Lipinski definition) is 6. The van der Waals surface area contributed by atoms with Gasteiger partial charge in [-0.3, -0.25) is 19.2 Å². The Labute approximate surface area is 139 Å². The summed E-state index contributed by atoms with van der Waals surface area (Å²) in [4.78, 5) is 44.0. The van der Waals surface area contributed by atoms with Crippen LogP contribution in [-0.2, 0) is 28.7 Å². The number of rotatable bonds is 8. The van der Waals surface area contributed by atoms with Crippen LogP contribution < -0.4 is 0 Å². The van der Waals surface area contributed by atoms with Crippen molar-refractivity contribution >= 4 is 23.9 Å². The Morgan fingerprint density at radius 2 is 1.12 bits per heavy atom. The lowest BCUT2D eigenvalue weighted by Crippen LogP contribution is -2.22. The highest BCUT2D eigenvalue weighted by atomic mass is 16.5.